The number of aromatic nitrogens is 9. The summed E-state index contributed by atoms with van der Waals surface area (Å²) >= 11 is 0. The molecule has 0 saturated heterocycles. The number of pyridine rings is 1. The Bertz CT molecular complexity index is 2250. The van der Waals surface area contributed by atoms with Crippen molar-refractivity contribution in [3.8, 4) is 22.8 Å². The van der Waals surface area contributed by atoms with Crippen LogP contribution in [0.25, 0.3) is 56.1 Å². The summed E-state index contributed by atoms with van der Waals surface area (Å²) < 4.78 is 0. The summed E-state index contributed by atoms with van der Waals surface area (Å²) in [4.78, 5) is 41.4. The highest BCUT2D eigenvalue weighted by Gasteiger charge is 2.28. The summed E-state index contributed by atoms with van der Waals surface area (Å²) in [6.45, 7) is 0. The summed E-state index contributed by atoms with van der Waals surface area (Å²) in [6, 6.07) is 11.9. The standard InChI is InChI=1S/C31H19N9/c1-2-9-17-16(8-1)24-33-25(17)35-27-20-12-5-6-13-21(20)29(37-27)39-31-23-22(14-7-15-32-23)30(40-31)38-28-19-11-4-3-10-18(19)26(34-24)36-28/h1-15,17,20H,(H,33,35,37)(H,34,36,38,39,40). The van der Waals surface area contributed by atoms with Crippen molar-refractivity contribution in [1.29, 1.82) is 0 Å². The van der Waals surface area contributed by atoms with Gasteiger partial charge in [-0.15, -0.1) is 0 Å². The molecule has 188 valence electrons. The second-order valence-electron chi connectivity index (χ2n) is 9.98. The van der Waals surface area contributed by atoms with Gasteiger partial charge in [0.15, 0.2) is 22.8 Å². The van der Waals surface area contributed by atoms with E-state index in [1.165, 1.54) is 0 Å². The lowest BCUT2D eigenvalue weighted by Crippen LogP contribution is -2.11. The highest BCUT2D eigenvalue weighted by molar-refractivity contribution is 6.01. The lowest BCUT2D eigenvalue weighted by atomic mass is 9.95. The van der Waals surface area contributed by atoms with E-state index >= 15 is 0 Å². The van der Waals surface area contributed by atoms with Gasteiger partial charge in [0.25, 0.3) is 0 Å². The Labute approximate surface area is 226 Å². The zero-order valence-electron chi connectivity index (χ0n) is 20.9. The van der Waals surface area contributed by atoms with Crippen LogP contribution in [0.4, 0.5) is 0 Å². The molecule has 0 spiro atoms. The Morgan fingerprint density at radius 3 is 2.30 bits per heavy atom. The number of hydrogen-bond acceptors (Lipinski definition) is 7. The molecule has 2 aliphatic carbocycles. The van der Waals surface area contributed by atoms with E-state index in [-0.39, 0.29) is 11.8 Å². The van der Waals surface area contributed by atoms with Gasteiger partial charge in [0.2, 0.25) is 0 Å². The Morgan fingerprint density at radius 2 is 1.43 bits per heavy atom. The van der Waals surface area contributed by atoms with Crippen molar-refractivity contribution in [2.24, 2.45) is 0 Å². The zero-order valence-corrected chi connectivity index (χ0v) is 20.9. The van der Waals surface area contributed by atoms with E-state index in [4.69, 9.17) is 29.9 Å². The Hall–Kier alpha value is -5.57. The van der Waals surface area contributed by atoms with E-state index in [0.717, 1.165) is 44.5 Å². The van der Waals surface area contributed by atoms with Gasteiger partial charge in [-0.1, -0.05) is 72.9 Å². The number of aromatic amines is 2. The van der Waals surface area contributed by atoms with Crippen molar-refractivity contribution in [2.45, 2.75) is 11.8 Å². The van der Waals surface area contributed by atoms with Crippen LogP contribution in [0, 0.1) is 0 Å². The molecule has 1 aromatic carbocycles. The summed E-state index contributed by atoms with van der Waals surface area (Å²) in [5.74, 6) is 2.49. The van der Waals surface area contributed by atoms with Crippen molar-refractivity contribution in [3.63, 3.8) is 0 Å². The number of nitrogens with one attached hydrogen (secondary N) is 2. The number of allylic oxidation sites excluding steroid dienone is 8. The second-order valence-corrected chi connectivity index (χ2v) is 9.98. The summed E-state index contributed by atoms with van der Waals surface area (Å²) in [6.07, 6.45) is 18.2. The normalized spacial score (nSPS) is 19.0. The van der Waals surface area contributed by atoms with Crippen LogP contribution in [0.1, 0.15) is 23.5 Å². The molecule has 2 atom stereocenters. The SMILES string of the molecule is C1=CC2=c3nc(nc4[nH]c(nc5nc(nc6[nH]c(n3)c3ncccc63)-c3ccccc3-5)=C3C=CC=CC34)C2C=C1. The van der Waals surface area contributed by atoms with Crippen LogP contribution in [0.15, 0.2) is 91.2 Å². The average molecular weight is 518 g/mol. The van der Waals surface area contributed by atoms with Gasteiger partial charge in [-0.3, -0.25) is 4.98 Å². The summed E-state index contributed by atoms with van der Waals surface area (Å²) in [5, 5.41) is 0.854. The third-order valence-corrected chi connectivity index (χ3v) is 7.66. The quantitative estimate of drug-likeness (QED) is 0.322. The zero-order chi connectivity index (χ0) is 26.2. The third kappa shape index (κ3) is 3.05. The molecular formula is C31H19N9. The first kappa shape index (κ1) is 21.4. The molecule has 9 nitrogen and oxygen atoms in total. The molecular weight excluding hydrogens is 498 g/mol. The molecule has 40 heavy (non-hydrogen) atoms. The van der Waals surface area contributed by atoms with Crippen LogP contribution in [-0.2, 0) is 0 Å². The van der Waals surface area contributed by atoms with Crippen LogP contribution >= 0.6 is 0 Å². The van der Waals surface area contributed by atoms with Crippen molar-refractivity contribution in [1.82, 2.24) is 44.9 Å². The monoisotopic (exact) mass is 517 g/mol. The minimum atomic E-state index is -0.0950. The van der Waals surface area contributed by atoms with Gasteiger partial charge in [0.05, 0.1) is 11.8 Å². The highest BCUT2D eigenvalue weighted by Crippen LogP contribution is 2.35. The number of hydrogen-bond donors (Lipinski definition) is 2. The molecule has 0 amide bonds. The van der Waals surface area contributed by atoms with Crippen LogP contribution in [0.2, 0.25) is 0 Å². The third-order valence-electron chi connectivity index (χ3n) is 7.66. The maximum Gasteiger partial charge on any atom is 0.164 e. The van der Waals surface area contributed by atoms with Crippen molar-refractivity contribution in [3.05, 3.63) is 114 Å². The maximum atomic E-state index is 5.07. The fourth-order valence-electron chi connectivity index (χ4n) is 5.77. The molecule has 5 aliphatic rings. The molecule has 0 saturated carbocycles. The van der Waals surface area contributed by atoms with Crippen LogP contribution in [-0.4, -0.2) is 44.9 Å². The van der Waals surface area contributed by atoms with Crippen LogP contribution < -0.4 is 11.0 Å². The number of nitrogens with zero attached hydrogens (tertiary/aromatic N) is 7. The van der Waals surface area contributed by atoms with E-state index < -0.39 is 0 Å². The van der Waals surface area contributed by atoms with E-state index in [1.807, 2.05) is 60.7 Å². The fourth-order valence-corrected chi connectivity index (χ4v) is 5.77. The smallest absolute Gasteiger partial charge is 0.164 e. The largest absolute Gasteiger partial charge is 0.327 e. The Morgan fingerprint density at radius 1 is 0.625 bits per heavy atom. The lowest BCUT2D eigenvalue weighted by Gasteiger charge is -2.11. The van der Waals surface area contributed by atoms with Gasteiger partial charge in [-0.2, -0.15) is 0 Å². The first-order chi connectivity index (χ1) is 19.8. The van der Waals surface area contributed by atoms with Crippen molar-refractivity contribution < 1.29 is 0 Å². The van der Waals surface area contributed by atoms with Gasteiger partial charge >= 0.3 is 0 Å². The van der Waals surface area contributed by atoms with Gasteiger partial charge in [0, 0.05) is 33.9 Å². The number of rotatable bonds is 0. The highest BCUT2D eigenvalue weighted by atomic mass is 15.1. The van der Waals surface area contributed by atoms with E-state index in [0.29, 0.717) is 34.2 Å². The summed E-state index contributed by atoms with van der Waals surface area (Å²) in [7, 11) is 0. The number of benzene rings is 1. The lowest BCUT2D eigenvalue weighted by molar-refractivity contribution is 0.878. The van der Waals surface area contributed by atoms with Gasteiger partial charge < -0.3 is 9.97 Å². The summed E-state index contributed by atoms with van der Waals surface area (Å²) in [5.41, 5.74) is 7.14. The molecule has 8 bridgehead atoms. The molecule has 4 aromatic rings. The second kappa shape index (κ2) is 7.97. The number of H-pyrrole nitrogens is 2. The minimum absolute atomic E-state index is 0.0567. The molecule has 6 heterocycles. The molecule has 0 radical (unpaired) electrons. The molecule has 0 fully saturated rings. The van der Waals surface area contributed by atoms with Crippen LogP contribution in [0.3, 0.4) is 0 Å². The van der Waals surface area contributed by atoms with E-state index in [9.17, 15) is 0 Å². The predicted molar refractivity (Wildman–Crippen MR) is 151 cm³/mol. The molecule has 9 rings (SSSR count). The van der Waals surface area contributed by atoms with Gasteiger partial charge in [-0.05, 0) is 12.1 Å². The average Bonchev–Trinajstić information content (AvgIpc) is 3.73. The molecule has 2 unspecified atom stereocenters. The predicted octanol–water partition coefficient (Wildman–Crippen LogP) is 3.62. The fraction of sp³-hybridized carbons (Fsp3) is 0.0645. The topological polar surface area (TPSA) is 122 Å². The minimum Gasteiger partial charge on any atom is -0.327 e. The van der Waals surface area contributed by atoms with Gasteiger partial charge in [0.1, 0.15) is 28.3 Å². The Balaban J connectivity index is 1.48. The molecule has 3 aliphatic heterocycles. The van der Waals surface area contributed by atoms with E-state index in [1.54, 1.807) is 6.20 Å². The van der Waals surface area contributed by atoms with Crippen molar-refractivity contribution >= 4 is 33.3 Å². The number of fused-ring (bicyclic) bond motifs is 18. The molecule has 9 heteroatoms. The molecule has 3 aromatic heterocycles. The van der Waals surface area contributed by atoms with Crippen LogP contribution in [0.5, 0.6) is 0 Å². The maximum absolute atomic E-state index is 5.07. The first-order valence-corrected chi connectivity index (χ1v) is 13.1. The van der Waals surface area contributed by atoms with Crippen molar-refractivity contribution in [2.75, 3.05) is 0 Å². The van der Waals surface area contributed by atoms with E-state index in [2.05, 4.69) is 39.3 Å². The first-order valence-electron chi connectivity index (χ1n) is 13.1. The van der Waals surface area contributed by atoms with Gasteiger partial charge in [-0.25, -0.2) is 29.9 Å². The molecule has 2 N–H and O–H groups in total. The Kier molecular flexibility index (Phi) is 4.26.